The van der Waals surface area contributed by atoms with Gasteiger partial charge in [-0.05, 0) is 18.4 Å². The summed E-state index contributed by atoms with van der Waals surface area (Å²) in [6, 6.07) is 3.75. The molecule has 13 heavy (non-hydrogen) atoms. The largest absolute Gasteiger partial charge is 0.260 e. The van der Waals surface area contributed by atoms with Crippen LogP contribution in [0.4, 0.5) is 0 Å². The third kappa shape index (κ3) is 2.71. The van der Waals surface area contributed by atoms with E-state index < -0.39 is 0 Å². The van der Waals surface area contributed by atoms with Crippen LogP contribution in [0.3, 0.4) is 0 Å². The van der Waals surface area contributed by atoms with Gasteiger partial charge < -0.3 is 0 Å². The van der Waals surface area contributed by atoms with Gasteiger partial charge in [0.05, 0.1) is 10.6 Å². The van der Waals surface area contributed by atoms with Crippen molar-refractivity contribution in [1.29, 1.82) is 5.26 Å². The molecular weight excluding hydrogens is 184 g/mol. The fourth-order valence-electron chi connectivity index (χ4n) is 1.08. The Kier molecular flexibility index (Phi) is 3.27. The van der Waals surface area contributed by atoms with E-state index in [4.69, 9.17) is 16.9 Å². The number of nitriles is 1. The average Bonchev–Trinajstić information content (AvgIpc) is 2.03. The topological polar surface area (TPSA) is 36.7 Å². The Morgan fingerprint density at radius 2 is 2.31 bits per heavy atom. The fraction of sp³-hybridized carbons (Fsp3) is 0.400. The highest BCUT2D eigenvalue weighted by Crippen LogP contribution is 2.16. The van der Waals surface area contributed by atoms with Crippen LogP contribution in [0, 0.1) is 17.2 Å². The molecule has 68 valence electrons. The molecule has 0 fully saturated rings. The fourth-order valence-corrected chi connectivity index (χ4v) is 1.30. The zero-order valence-corrected chi connectivity index (χ0v) is 8.47. The first kappa shape index (κ1) is 10.0. The van der Waals surface area contributed by atoms with E-state index in [2.05, 4.69) is 18.8 Å². The first-order chi connectivity index (χ1) is 6.13. The number of halogens is 1. The molecule has 0 radical (unpaired) electrons. The molecule has 1 rings (SSSR count). The van der Waals surface area contributed by atoms with Crippen molar-refractivity contribution in [3.05, 3.63) is 28.5 Å². The van der Waals surface area contributed by atoms with E-state index in [-0.39, 0.29) is 0 Å². The maximum Gasteiger partial charge on any atom is 0.102 e. The van der Waals surface area contributed by atoms with Crippen molar-refractivity contribution in [3.8, 4) is 6.07 Å². The molecule has 0 N–H and O–H groups in total. The van der Waals surface area contributed by atoms with Crippen molar-refractivity contribution in [2.75, 3.05) is 0 Å². The summed E-state index contributed by atoms with van der Waals surface area (Å²) in [5.41, 5.74) is 1.38. The summed E-state index contributed by atoms with van der Waals surface area (Å²) in [6.07, 6.45) is 2.42. The van der Waals surface area contributed by atoms with Crippen molar-refractivity contribution < 1.29 is 0 Å². The number of nitrogens with zero attached hydrogens (tertiary/aromatic N) is 2. The minimum atomic E-state index is 0.439. The summed E-state index contributed by atoms with van der Waals surface area (Å²) >= 11 is 5.85. The van der Waals surface area contributed by atoms with Crippen molar-refractivity contribution in [2.45, 2.75) is 20.3 Å². The van der Waals surface area contributed by atoms with Crippen molar-refractivity contribution in [2.24, 2.45) is 5.92 Å². The molecule has 0 aliphatic heterocycles. The van der Waals surface area contributed by atoms with Crippen LogP contribution in [0.2, 0.25) is 5.02 Å². The number of hydrogen-bond acceptors (Lipinski definition) is 2. The molecule has 2 nitrogen and oxygen atoms in total. The van der Waals surface area contributed by atoms with E-state index in [0.29, 0.717) is 16.5 Å². The molecule has 1 aromatic rings. The van der Waals surface area contributed by atoms with Gasteiger partial charge in [-0.25, -0.2) is 0 Å². The second-order valence-electron chi connectivity index (χ2n) is 3.37. The van der Waals surface area contributed by atoms with E-state index in [0.717, 1.165) is 12.1 Å². The van der Waals surface area contributed by atoms with Crippen molar-refractivity contribution in [3.63, 3.8) is 0 Å². The monoisotopic (exact) mass is 194 g/mol. The summed E-state index contributed by atoms with van der Waals surface area (Å²) in [4.78, 5) is 4.14. The van der Waals surface area contributed by atoms with Crippen LogP contribution in [0.5, 0.6) is 0 Å². The molecule has 1 aromatic heterocycles. The molecule has 3 heteroatoms. The lowest BCUT2D eigenvalue weighted by molar-refractivity contribution is 0.635. The predicted molar refractivity (Wildman–Crippen MR) is 52.5 cm³/mol. The molecule has 0 spiro atoms. The van der Waals surface area contributed by atoms with E-state index in [1.54, 1.807) is 6.07 Å². The van der Waals surface area contributed by atoms with Gasteiger partial charge in [-0.15, -0.1) is 0 Å². The summed E-state index contributed by atoms with van der Waals surface area (Å²) in [6.45, 7) is 4.24. The second kappa shape index (κ2) is 4.25. The summed E-state index contributed by atoms with van der Waals surface area (Å²) < 4.78 is 0. The zero-order chi connectivity index (χ0) is 9.84. The lowest BCUT2D eigenvalue weighted by atomic mass is 10.1. The minimum Gasteiger partial charge on any atom is -0.260 e. The molecule has 0 saturated carbocycles. The molecule has 0 atom stereocenters. The molecule has 0 saturated heterocycles. The van der Waals surface area contributed by atoms with Crippen LogP contribution in [-0.2, 0) is 6.42 Å². The second-order valence-corrected chi connectivity index (χ2v) is 3.77. The first-order valence-corrected chi connectivity index (χ1v) is 4.55. The molecule has 0 unspecified atom stereocenters. The smallest absolute Gasteiger partial charge is 0.102 e. The van der Waals surface area contributed by atoms with Crippen LogP contribution >= 0.6 is 11.6 Å². The Labute approximate surface area is 83.2 Å². The third-order valence-corrected chi connectivity index (χ3v) is 1.96. The van der Waals surface area contributed by atoms with E-state index in [1.807, 2.05) is 6.07 Å². The maximum absolute atomic E-state index is 8.62. The van der Waals surface area contributed by atoms with Gasteiger partial charge in [0.15, 0.2) is 0 Å². The highest BCUT2D eigenvalue weighted by molar-refractivity contribution is 6.31. The predicted octanol–water partition coefficient (Wildman–Crippen LogP) is 2.81. The van der Waals surface area contributed by atoms with Gasteiger partial charge in [0.25, 0.3) is 0 Å². The first-order valence-electron chi connectivity index (χ1n) is 4.18. The molecule has 0 bridgehead atoms. The van der Waals surface area contributed by atoms with Crippen molar-refractivity contribution >= 4 is 11.6 Å². The summed E-state index contributed by atoms with van der Waals surface area (Å²) in [5.74, 6) is 0.552. The van der Waals surface area contributed by atoms with Crippen molar-refractivity contribution in [1.82, 2.24) is 4.98 Å². The van der Waals surface area contributed by atoms with Gasteiger partial charge in [0.1, 0.15) is 6.07 Å². The number of pyridine rings is 1. The Morgan fingerprint density at radius 3 is 2.77 bits per heavy atom. The maximum atomic E-state index is 8.62. The zero-order valence-electron chi connectivity index (χ0n) is 7.71. The van der Waals surface area contributed by atoms with Crippen LogP contribution in [0.25, 0.3) is 0 Å². The van der Waals surface area contributed by atoms with Crippen LogP contribution < -0.4 is 0 Å². The Bertz CT molecular complexity index is 339. The molecule has 1 heterocycles. The summed E-state index contributed by atoms with van der Waals surface area (Å²) in [7, 11) is 0. The van der Waals surface area contributed by atoms with E-state index in [1.165, 1.54) is 6.20 Å². The highest BCUT2D eigenvalue weighted by Gasteiger charge is 2.03. The Balaban J connectivity index is 2.91. The molecule has 0 aromatic carbocycles. The number of rotatable bonds is 2. The van der Waals surface area contributed by atoms with Gasteiger partial charge in [-0.3, -0.25) is 4.98 Å². The molecule has 0 aliphatic rings. The van der Waals surface area contributed by atoms with Gasteiger partial charge in [0, 0.05) is 11.9 Å². The standard InChI is InChI=1S/C10H11ClN2/c1-7(2)3-9-4-10(11)8(5-12)6-13-9/h4,6-7H,3H2,1-2H3. The average molecular weight is 195 g/mol. The Hall–Kier alpha value is -1.07. The van der Waals surface area contributed by atoms with Crippen LogP contribution in [0.1, 0.15) is 25.1 Å². The normalized spacial score (nSPS) is 10.1. The van der Waals surface area contributed by atoms with Crippen LogP contribution in [-0.4, -0.2) is 4.98 Å². The third-order valence-electron chi connectivity index (χ3n) is 1.65. The molecule has 0 aliphatic carbocycles. The van der Waals surface area contributed by atoms with E-state index >= 15 is 0 Å². The Morgan fingerprint density at radius 1 is 1.62 bits per heavy atom. The van der Waals surface area contributed by atoms with Gasteiger partial charge >= 0.3 is 0 Å². The quantitative estimate of drug-likeness (QED) is 0.726. The SMILES string of the molecule is CC(C)Cc1cc(Cl)c(C#N)cn1. The number of hydrogen-bond donors (Lipinski definition) is 0. The highest BCUT2D eigenvalue weighted by atomic mass is 35.5. The number of aromatic nitrogens is 1. The molecule has 0 amide bonds. The van der Waals surface area contributed by atoms with Gasteiger partial charge in [-0.1, -0.05) is 25.4 Å². The molecular formula is C10H11ClN2. The van der Waals surface area contributed by atoms with Gasteiger partial charge in [0.2, 0.25) is 0 Å². The minimum absolute atomic E-state index is 0.439. The van der Waals surface area contributed by atoms with Crippen LogP contribution in [0.15, 0.2) is 12.3 Å². The summed E-state index contributed by atoms with van der Waals surface area (Å²) in [5, 5.41) is 9.11. The lowest BCUT2D eigenvalue weighted by Crippen LogP contribution is -1.97. The lowest BCUT2D eigenvalue weighted by Gasteiger charge is -2.04. The van der Waals surface area contributed by atoms with Gasteiger partial charge in [-0.2, -0.15) is 5.26 Å². The van der Waals surface area contributed by atoms with E-state index in [9.17, 15) is 0 Å².